The Bertz CT molecular complexity index is 1510. The normalized spacial score (nSPS) is 20.2. The van der Waals surface area contributed by atoms with Crippen LogP contribution in [0.2, 0.25) is 0 Å². The summed E-state index contributed by atoms with van der Waals surface area (Å²) >= 11 is 0. The molecule has 50 heavy (non-hydrogen) atoms. The molecule has 2 aliphatic heterocycles. The van der Waals surface area contributed by atoms with E-state index in [4.69, 9.17) is 18.9 Å². The molecule has 0 saturated carbocycles. The summed E-state index contributed by atoms with van der Waals surface area (Å²) in [6.45, 7) is 19.8. The summed E-state index contributed by atoms with van der Waals surface area (Å²) in [5.74, 6) is 2.40. The topological polar surface area (TPSA) is 104 Å². The van der Waals surface area contributed by atoms with Gasteiger partial charge in [0.2, 0.25) is 0 Å². The van der Waals surface area contributed by atoms with Crippen molar-refractivity contribution in [3.63, 3.8) is 0 Å². The molecule has 0 radical (unpaired) electrons. The van der Waals surface area contributed by atoms with Crippen molar-refractivity contribution in [1.29, 1.82) is 0 Å². The largest absolute Gasteiger partial charge is 0.508 e. The number of allylic oxidation sites excluding steroid dienone is 2. The van der Waals surface area contributed by atoms with Crippen LogP contribution in [-0.2, 0) is 25.0 Å². The van der Waals surface area contributed by atoms with Gasteiger partial charge in [0.1, 0.15) is 30.0 Å². The van der Waals surface area contributed by atoms with Crippen LogP contribution >= 0.6 is 0 Å². The number of aliphatic hydroxyl groups excluding tert-OH is 1. The van der Waals surface area contributed by atoms with Crippen LogP contribution in [0.15, 0.2) is 96.6 Å². The maximum atomic E-state index is 9.82. The number of rotatable bonds is 12. The molecule has 3 aromatic rings. The highest BCUT2D eigenvalue weighted by molar-refractivity contribution is 5.44. The molecule has 3 aliphatic rings. The number of hydrogen-bond acceptors (Lipinski definition) is 7. The summed E-state index contributed by atoms with van der Waals surface area (Å²) in [6, 6.07) is 22.9. The van der Waals surface area contributed by atoms with Crippen LogP contribution in [0, 0.1) is 11.8 Å². The molecule has 0 bridgehead atoms. The number of benzene rings is 3. The third-order valence-corrected chi connectivity index (χ3v) is 9.73. The fourth-order valence-corrected chi connectivity index (χ4v) is 5.45. The monoisotopic (exact) mass is 686 g/mol. The number of aromatic hydroxyl groups is 2. The Balaban J connectivity index is 0.000000193. The van der Waals surface area contributed by atoms with Crippen molar-refractivity contribution < 1.29 is 34.3 Å². The minimum atomic E-state index is -0.415. The lowest BCUT2D eigenvalue weighted by molar-refractivity contribution is -0.00884. The zero-order chi connectivity index (χ0) is 36.5. The predicted octanol–water partition coefficient (Wildman–Crippen LogP) is 8.50. The Morgan fingerprint density at radius 1 is 0.740 bits per heavy atom. The number of phenolic OH excluding ortho intramolecular Hbond substituents is 2. The van der Waals surface area contributed by atoms with Gasteiger partial charge in [-0.05, 0) is 76.9 Å². The second-order valence-electron chi connectivity index (χ2n) is 15.2. The van der Waals surface area contributed by atoms with Crippen molar-refractivity contribution in [3.8, 4) is 17.2 Å². The van der Waals surface area contributed by atoms with Gasteiger partial charge < -0.3 is 34.3 Å². The third-order valence-electron chi connectivity index (χ3n) is 9.73. The Morgan fingerprint density at radius 3 is 1.64 bits per heavy atom. The van der Waals surface area contributed by atoms with Crippen molar-refractivity contribution >= 4 is 0 Å². The smallest absolute Gasteiger partial charge is 0.119 e. The molecule has 4 atom stereocenters. The van der Waals surface area contributed by atoms with Gasteiger partial charge in [-0.3, -0.25) is 0 Å². The van der Waals surface area contributed by atoms with Gasteiger partial charge in [-0.1, -0.05) is 110 Å². The van der Waals surface area contributed by atoms with E-state index in [0.29, 0.717) is 25.1 Å². The minimum Gasteiger partial charge on any atom is -0.508 e. The maximum absolute atomic E-state index is 9.82. The van der Waals surface area contributed by atoms with Gasteiger partial charge in [-0.15, -0.1) is 0 Å². The lowest BCUT2D eigenvalue weighted by Crippen LogP contribution is -2.26. The number of hydrogen-bond donors (Lipinski definition) is 3. The Hall–Kier alpha value is -3.62. The first kappa shape index (κ1) is 39.2. The van der Waals surface area contributed by atoms with Crippen molar-refractivity contribution in [2.24, 2.45) is 11.8 Å². The number of aliphatic hydroxyl groups is 1. The molecule has 7 heteroatoms. The second kappa shape index (κ2) is 17.5. The summed E-state index contributed by atoms with van der Waals surface area (Å²) in [4.78, 5) is 0. The van der Waals surface area contributed by atoms with E-state index >= 15 is 0 Å². The Kier molecular flexibility index (Phi) is 13.7. The van der Waals surface area contributed by atoms with Crippen LogP contribution in [0.5, 0.6) is 17.2 Å². The predicted molar refractivity (Wildman–Crippen MR) is 200 cm³/mol. The van der Waals surface area contributed by atoms with E-state index in [1.807, 2.05) is 50.2 Å². The summed E-state index contributed by atoms with van der Waals surface area (Å²) in [5.41, 5.74) is 4.55. The number of phenols is 2. The molecule has 3 aromatic carbocycles. The quantitative estimate of drug-likeness (QED) is 0.164. The molecule has 1 aliphatic carbocycles. The molecule has 2 saturated heterocycles. The van der Waals surface area contributed by atoms with Gasteiger partial charge in [0.05, 0.1) is 38.1 Å². The van der Waals surface area contributed by atoms with E-state index in [1.54, 1.807) is 24.3 Å². The summed E-state index contributed by atoms with van der Waals surface area (Å²) in [5, 5.41) is 28.7. The fourth-order valence-electron chi connectivity index (χ4n) is 5.45. The van der Waals surface area contributed by atoms with Crippen LogP contribution in [0.1, 0.15) is 78.5 Å². The van der Waals surface area contributed by atoms with Gasteiger partial charge in [0, 0.05) is 10.8 Å². The molecule has 272 valence electrons. The Labute approximate surface area is 299 Å². The molecule has 2 fully saturated rings. The first-order valence-corrected chi connectivity index (χ1v) is 17.9. The summed E-state index contributed by atoms with van der Waals surface area (Å²) in [6.07, 6.45) is 7.71. The average Bonchev–Trinajstić information content (AvgIpc) is 4.02. The molecule has 4 unspecified atom stereocenters. The molecule has 6 rings (SSSR count). The maximum Gasteiger partial charge on any atom is 0.119 e. The zero-order valence-electron chi connectivity index (χ0n) is 31.1. The van der Waals surface area contributed by atoms with E-state index in [9.17, 15) is 15.3 Å². The van der Waals surface area contributed by atoms with Gasteiger partial charge >= 0.3 is 0 Å². The fraction of sp³-hybridized carbons (Fsp3) is 0.488. The lowest BCUT2D eigenvalue weighted by atomic mass is 9.75. The second-order valence-corrected chi connectivity index (χ2v) is 15.2. The first-order valence-electron chi connectivity index (χ1n) is 17.9. The molecule has 0 aromatic heterocycles. The van der Waals surface area contributed by atoms with Gasteiger partial charge in [0.25, 0.3) is 0 Å². The molecular weight excluding hydrogens is 628 g/mol. The number of epoxide rings is 2. The first-order chi connectivity index (χ1) is 23.7. The molecule has 2 heterocycles. The molecular formula is C43H58O7. The van der Waals surface area contributed by atoms with E-state index < -0.39 is 6.10 Å². The molecule has 0 amide bonds. The van der Waals surface area contributed by atoms with E-state index in [0.717, 1.165) is 31.3 Å². The van der Waals surface area contributed by atoms with Crippen LogP contribution < -0.4 is 4.74 Å². The highest BCUT2D eigenvalue weighted by Gasteiger charge is 2.27. The average molecular weight is 687 g/mol. The van der Waals surface area contributed by atoms with Crippen molar-refractivity contribution in [1.82, 2.24) is 0 Å². The molecule has 7 nitrogen and oxygen atoms in total. The van der Waals surface area contributed by atoms with Crippen LogP contribution in [0.25, 0.3) is 0 Å². The summed E-state index contributed by atoms with van der Waals surface area (Å²) in [7, 11) is 0. The standard InChI is InChI=1S/C20H28O3.C18H20O3.C5H10O/c1-14(2)19(22)13-23-18-11-7-16(8-12-18)20(3,4)15-5-9-17(21)10-6-15;1-18(2,13-3-7-15(19)8-4-13)14-5-9-16(10-6-14)20-11-17-12-21-17;1-4(2)5-3-6-5/h5-11,14,18-19,21-22H,12-13H2,1-4H3;3-10,17,19H,11-12H2,1-2H3;4-5H,3H2,1-2H3. The molecule has 3 N–H and O–H groups in total. The zero-order valence-corrected chi connectivity index (χ0v) is 31.1. The van der Waals surface area contributed by atoms with Gasteiger partial charge in [-0.25, -0.2) is 0 Å². The van der Waals surface area contributed by atoms with E-state index in [2.05, 4.69) is 71.9 Å². The van der Waals surface area contributed by atoms with Crippen LogP contribution in [-0.4, -0.2) is 66.2 Å². The van der Waals surface area contributed by atoms with Crippen molar-refractivity contribution in [3.05, 3.63) is 113 Å². The molecule has 0 spiro atoms. The van der Waals surface area contributed by atoms with E-state index in [-0.39, 0.29) is 34.7 Å². The van der Waals surface area contributed by atoms with Crippen LogP contribution in [0.4, 0.5) is 0 Å². The number of ether oxygens (including phenoxy) is 4. The van der Waals surface area contributed by atoms with Crippen LogP contribution in [0.3, 0.4) is 0 Å². The third kappa shape index (κ3) is 11.7. The van der Waals surface area contributed by atoms with Gasteiger partial charge in [-0.2, -0.15) is 0 Å². The van der Waals surface area contributed by atoms with Crippen molar-refractivity contribution in [2.45, 2.75) is 97.1 Å². The minimum absolute atomic E-state index is 0.0303. The van der Waals surface area contributed by atoms with Crippen molar-refractivity contribution in [2.75, 3.05) is 26.4 Å². The SMILES string of the molecule is CC(C)(c1ccc(O)cc1)c1ccc(OCC2CO2)cc1.CC(C)C(O)COC1C=CC(C(C)(C)c2ccc(O)cc2)=CC1.CC(C)C1CO1. The highest BCUT2D eigenvalue weighted by Crippen LogP contribution is 2.36. The highest BCUT2D eigenvalue weighted by atomic mass is 16.6. The summed E-state index contributed by atoms with van der Waals surface area (Å²) < 4.78 is 21.5. The van der Waals surface area contributed by atoms with Gasteiger partial charge in [0.15, 0.2) is 0 Å². The van der Waals surface area contributed by atoms with E-state index in [1.165, 1.54) is 22.3 Å². The Morgan fingerprint density at radius 2 is 1.24 bits per heavy atom. The lowest BCUT2D eigenvalue weighted by Gasteiger charge is -2.30.